The molecule has 0 unspecified atom stereocenters. The first-order valence-electron chi connectivity index (χ1n) is 5.89. The summed E-state index contributed by atoms with van der Waals surface area (Å²) in [6, 6.07) is 0. The third-order valence-corrected chi connectivity index (χ3v) is 2.32. The van der Waals surface area contributed by atoms with Gasteiger partial charge in [-0.25, -0.2) is 9.78 Å². The van der Waals surface area contributed by atoms with Crippen molar-refractivity contribution < 1.29 is 20.1 Å². The van der Waals surface area contributed by atoms with Gasteiger partial charge in [-0.2, -0.15) is 0 Å². The quantitative estimate of drug-likeness (QED) is 0.766. The summed E-state index contributed by atoms with van der Waals surface area (Å²) in [4.78, 5) is 18.9. The molecule has 0 aliphatic heterocycles. The lowest BCUT2D eigenvalue weighted by molar-refractivity contribution is 0.0476. The Morgan fingerprint density at radius 3 is 2.50 bits per heavy atom. The minimum Gasteiger partial charge on any atom is -0.461 e. The van der Waals surface area contributed by atoms with Crippen LogP contribution in [0.2, 0.25) is 0 Å². The topological polar surface area (TPSA) is 107 Å². The summed E-state index contributed by atoms with van der Waals surface area (Å²) in [6.07, 6.45) is 1.66. The number of hydrogen-bond acceptors (Lipinski definition) is 4. The SMILES string of the molecule is CCCc1nc(C(=O)OCC)c(C(C)(C)O)[nH]1.O. The Bertz CT molecular complexity index is 393. The molecule has 104 valence electrons. The Morgan fingerprint density at radius 1 is 1.44 bits per heavy atom. The lowest BCUT2D eigenvalue weighted by Gasteiger charge is -2.16. The lowest BCUT2D eigenvalue weighted by Crippen LogP contribution is -2.21. The minimum atomic E-state index is -1.14. The molecule has 1 aromatic rings. The number of nitrogens with one attached hydrogen (secondary N) is 1. The number of aromatic nitrogens is 2. The average molecular weight is 258 g/mol. The number of H-pyrrole nitrogens is 1. The second-order valence-corrected chi connectivity index (χ2v) is 4.44. The van der Waals surface area contributed by atoms with Crippen molar-refractivity contribution in [1.82, 2.24) is 9.97 Å². The van der Waals surface area contributed by atoms with E-state index in [1.807, 2.05) is 6.92 Å². The lowest BCUT2D eigenvalue weighted by atomic mass is 10.0. The van der Waals surface area contributed by atoms with Gasteiger partial charge in [0.1, 0.15) is 11.4 Å². The van der Waals surface area contributed by atoms with E-state index in [9.17, 15) is 9.90 Å². The number of carbonyl (C=O) groups is 1. The molecule has 6 heteroatoms. The number of hydrogen-bond donors (Lipinski definition) is 2. The predicted octanol–water partition coefficient (Wildman–Crippen LogP) is 0.942. The number of imidazole rings is 1. The summed E-state index contributed by atoms with van der Waals surface area (Å²) in [5, 5.41) is 9.99. The van der Waals surface area contributed by atoms with Gasteiger partial charge in [0.05, 0.1) is 12.3 Å². The van der Waals surface area contributed by atoms with Crippen LogP contribution in [-0.2, 0) is 16.8 Å². The van der Waals surface area contributed by atoms with Gasteiger partial charge in [0.2, 0.25) is 0 Å². The maximum Gasteiger partial charge on any atom is 0.358 e. The molecule has 1 rings (SSSR count). The first kappa shape index (κ1) is 16.6. The van der Waals surface area contributed by atoms with E-state index in [0.717, 1.165) is 12.8 Å². The number of aryl methyl sites for hydroxylation is 1. The zero-order chi connectivity index (χ0) is 13.1. The molecule has 0 fully saturated rings. The van der Waals surface area contributed by atoms with E-state index in [1.165, 1.54) is 0 Å². The van der Waals surface area contributed by atoms with E-state index in [1.54, 1.807) is 20.8 Å². The number of esters is 1. The zero-order valence-electron chi connectivity index (χ0n) is 11.3. The van der Waals surface area contributed by atoms with Gasteiger partial charge in [-0.15, -0.1) is 0 Å². The van der Waals surface area contributed by atoms with Gasteiger partial charge in [-0.1, -0.05) is 6.92 Å². The van der Waals surface area contributed by atoms with Crippen molar-refractivity contribution in [2.24, 2.45) is 0 Å². The maximum atomic E-state index is 11.7. The van der Waals surface area contributed by atoms with Crippen molar-refractivity contribution in [3.8, 4) is 0 Å². The van der Waals surface area contributed by atoms with Crippen molar-refractivity contribution in [3.05, 3.63) is 17.2 Å². The first-order chi connectivity index (χ1) is 7.90. The number of aliphatic hydroxyl groups is 1. The molecule has 0 spiro atoms. The fourth-order valence-electron chi connectivity index (χ4n) is 1.57. The fraction of sp³-hybridized carbons (Fsp3) is 0.667. The third-order valence-electron chi connectivity index (χ3n) is 2.32. The molecule has 1 aromatic heterocycles. The Kier molecular flexibility index (Phi) is 6.00. The van der Waals surface area contributed by atoms with Crippen LogP contribution < -0.4 is 0 Å². The molecular formula is C12H22N2O4. The molecule has 0 atom stereocenters. The third kappa shape index (κ3) is 3.82. The molecule has 6 nitrogen and oxygen atoms in total. The monoisotopic (exact) mass is 258 g/mol. The Hall–Kier alpha value is -1.40. The van der Waals surface area contributed by atoms with Crippen LogP contribution in [-0.4, -0.2) is 33.1 Å². The second-order valence-electron chi connectivity index (χ2n) is 4.44. The van der Waals surface area contributed by atoms with Crippen LogP contribution >= 0.6 is 0 Å². The molecule has 0 radical (unpaired) electrons. The van der Waals surface area contributed by atoms with E-state index >= 15 is 0 Å². The van der Waals surface area contributed by atoms with Crippen molar-refractivity contribution in [1.29, 1.82) is 0 Å². The van der Waals surface area contributed by atoms with Gasteiger partial charge >= 0.3 is 5.97 Å². The van der Waals surface area contributed by atoms with Crippen molar-refractivity contribution in [3.63, 3.8) is 0 Å². The maximum absolute atomic E-state index is 11.7. The molecule has 0 aliphatic carbocycles. The van der Waals surface area contributed by atoms with E-state index in [2.05, 4.69) is 9.97 Å². The standard InChI is InChI=1S/C12H20N2O3.H2O/c1-5-7-8-13-9(11(15)17-6-2)10(14-8)12(3,4)16;/h16H,5-7H2,1-4H3,(H,13,14);1H2. The van der Waals surface area contributed by atoms with Gasteiger partial charge in [0.15, 0.2) is 5.69 Å². The summed E-state index contributed by atoms with van der Waals surface area (Å²) in [7, 11) is 0. The highest BCUT2D eigenvalue weighted by Crippen LogP contribution is 2.22. The number of ether oxygens (including phenoxy) is 1. The molecule has 0 amide bonds. The van der Waals surface area contributed by atoms with Gasteiger partial charge in [-0.05, 0) is 27.2 Å². The molecular weight excluding hydrogens is 236 g/mol. The van der Waals surface area contributed by atoms with E-state index < -0.39 is 11.6 Å². The highest BCUT2D eigenvalue weighted by molar-refractivity contribution is 5.89. The molecule has 0 aromatic carbocycles. The number of carbonyl (C=O) groups excluding carboxylic acids is 1. The summed E-state index contributed by atoms with van der Waals surface area (Å²) >= 11 is 0. The average Bonchev–Trinajstić information content (AvgIpc) is 2.62. The van der Waals surface area contributed by atoms with Crippen molar-refractivity contribution in [2.75, 3.05) is 6.61 Å². The largest absolute Gasteiger partial charge is 0.461 e. The van der Waals surface area contributed by atoms with Crippen molar-refractivity contribution >= 4 is 5.97 Å². The zero-order valence-corrected chi connectivity index (χ0v) is 11.3. The molecule has 0 saturated heterocycles. The predicted molar refractivity (Wildman–Crippen MR) is 67.4 cm³/mol. The molecule has 18 heavy (non-hydrogen) atoms. The summed E-state index contributed by atoms with van der Waals surface area (Å²) in [5.41, 5.74) is -0.539. The first-order valence-corrected chi connectivity index (χ1v) is 5.89. The molecule has 1 heterocycles. The minimum absolute atomic E-state index is 0. The van der Waals surface area contributed by atoms with Crippen LogP contribution in [0.15, 0.2) is 0 Å². The van der Waals surface area contributed by atoms with Gasteiger partial charge in [0.25, 0.3) is 0 Å². The van der Waals surface area contributed by atoms with Crippen LogP contribution in [0, 0.1) is 0 Å². The van der Waals surface area contributed by atoms with Crippen LogP contribution in [0.5, 0.6) is 0 Å². The Balaban J connectivity index is 0.00000289. The van der Waals surface area contributed by atoms with Crippen LogP contribution in [0.25, 0.3) is 0 Å². The Labute approximate surface area is 107 Å². The van der Waals surface area contributed by atoms with Gasteiger partial charge in [0, 0.05) is 6.42 Å². The Morgan fingerprint density at radius 2 is 2.06 bits per heavy atom. The van der Waals surface area contributed by atoms with Crippen LogP contribution in [0.4, 0.5) is 0 Å². The van der Waals surface area contributed by atoms with Gasteiger partial charge in [-0.3, -0.25) is 0 Å². The van der Waals surface area contributed by atoms with Crippen LogP contribution in [0.1, 0.15) is 56.1 Å². The summed E-state index contributed by atoms with van der Waals surface area (Å²) < 4.78 is 4.92. The fourth-order valence-corrected chi connectivity index (χ4v) is 1.57. The molecule has 0 bridgehead atoms. The van der Waals surface area contributed by atoms with E-state index in [4.69, 9.17) is 4.74 Å². The normalized spacial score (nSPS) is 10.9. The number of nitrogens with zero attached hydrogens (tertiary/aromatic N) is 1. The number of rotatable bonds is 5. The molecule has 0 saturated carbocycles. The van der Waals surface area contributed by atoms with E-state index in [0.29, 0.717) is 18.1 Å². The van der Waals surface area contributed by atoms with E-state index in [-0.39, 0.29) is 11.2 Å². The van der Waals surface area contributed by atoms with Gasteiger partial charge < -0.3 is 20.3 Å². The molecule has 4 N–H and O–H groups in total. The highest BCUT2D eigenvalue weighted by atomic mass is 16.5. The highest BCUT2D eigenvalue weighted by Gasteiger charge is 2.28. The summed E-state index contributed by atoms with van der Waals surface area (Å²) in [6.45, 7) is 7.27. The van der Waals surface area contributed by atoms with Crippen LogP contribution in [0.3, 0.4) is 0 Å². The number of aromatic amines is 1. The molecule has 0 aliphatic rings. The van der Waals surface area contributed by atoms with Crippen molar-refractivity contribution in [2.45, 2.75) is 46.1 Å². The smallest absolute Gasteiger partial charge is 0.358 e. The second kappa shape index (κ2) is 6.51. The summed E-state index contributed by atoms with van der Waals surface area (Å²) in [5.74, 6) is 0.205.